The maximum Gasteiger partial charge on any atom is 0.213 e. The Balaban J connectivity index is 1.51. The lowest BCUT2D eigenvalue weighted by atomic mass is 10.1. The van der Waals surface area contributed by atoms with Gasteiger partial charge in [-0.2, -0.15) is 0 Å². The number of anilines is 1. The molecule has 2 N–H and O–H groups in total. The number of aromatic nitrogens is 2. The van der Waals surface area contributed by atoms with Crippen molar-refractivity contribution >= 4 is 11.8 Å². The Morgan fingerprint density at radius 3 is 2.70 bits per heavy atom. The van der Waals surface area contributed by atoms with E-state index in [9.17, 15) is 0 Å². The molecule has 7 nitrogen and oxygen atoms in total. The van der Waals surface area contributed by atoms with Gasteiger partial charge in [-0.1, -0.05) is 19.1 Å². The lowest BCUT2D eigenvalue weighted by Crippen LogP contribution is -2.48. The fourth-order valence-corrected chi connectivity index (χ4v) is 3.44. The van der Waals surface area contributed by atoms with E-state index >= 15 is 0 Å². The van der Waals surface area contributed by atoms with E-state index in [-0.39, 0.29) is 0 Å². The van der Waals surface area contributed by atoms with Crippen molar-refractivity contribution in [2.75, 3.05) is 31.1 Å². The van der Waals surface area contributed by atoms with Crippen LogP contribution in [0.2, 0.25) is 0 Å². The first-order chi connectivity index (χ1) is 14.7. The quantitative estimate of drug-likeness (QED) is 0.514. The standard InChI is InChI=1S/C23H34N6O/c1-4-15-30-22-10-9-19(16-25-22)17-26-23(24-5-2)28-20-11-13-29(14-12-20)21-8-6-7-18(3)27-21/h6-10,16,20H,4-5,11-15,17H2,1-3H3,(H2,24,26,28). The zero-order chi connectivity index (χ0) is 21.2. The molecule has 0 bridgehead atoms. The number of hydrogen-bond donors (Lipinski definition) is 2. The van der Waals surface area contributed by atoms with Gasteiger partial charge in [-0.25, -0.2) is 15.0 Å². The van der Waals surface area contributed by atoms with Crippen molar-refractivity contribution < 1.29 is 4.74 Å². The van der Waals surface area contributed by atoms with E-state index < -0.39 is 0 Å². The fraction of sp³-hybridized carbons (Fsp3) is 0.522. The zero-order valence-corrected chi connectivity index (χ0v) is 18.4. The Kier molecular flexibility index (Phi) is 8.30. The van der Waals surface area contributed by atoms with Crippen LogP contribution >= 0.6 is 0 Å². The molecule has 0 unspecified atom stereocenters. The molecule has 0 spiro atoms. The van der Waals surface area contributed by atoms with Crippen LogP contribution in [0.25, 0.3) is 0 Å². The predicted molar refractivity (Wildman–Crippen MR) is 122 cm³/mol. The van der Waals surface area contributed by atoms with Crippen LogP contribution in [0, 0.1) is 6.92 Å². The van der Waals surface area contributed by atoms with E-state index in [1.807, 2.05) is 31.3 Å². The lowest BCUT2D eigenvalue weighted by molar-refractivity contribution is 0.305. The molecule has 0 aliphatic carbocycles. The molecule has 1 aliphatic heterocycles. The Hall–Kier alpha value is -2.83. The van der Waals surface area contributed by atoms with E-state index in [2.05, 4.69) is 51.5 Å². The fourth-order valence-electron chi connectivity index (χ4n) is 3.44. The summed E-state index contributed by atoms with van der Waals surface area (Å²) in [6.45, 7) is 10.3. The monoisotopic (exact) mass is 410 g/mol. The Bertz CT molecular complexity index is 800. The average molecular weight is 411 g/mol. The predicted octanol–water partition coefficient (Wildman–Crippen LogP) is 3.30. The maximum absolute atomic E-state index is 5.54. The van der Waals surface area contributed by atoms with Gasteiger partial charge in [-0.15, -0.1) is 0 Å². The van der Waals surface area contributed by atoms with Crippen molar-refractivity contribution in [2.45, 2.75) is 52.6 Å². The SMILES string of the molecule is CCCOc1ccc(CN=C(NCC)NC2CCN(c3cccc(C)n3)CC2)cn1. The minimum absolute atomic E-state index is 0.409. The highest BCUT2D eigenvalue weighted by Gasteiger charge is 2.21. The summed E-state index contributed by atoms with van der Waals surface area (Å²) >= 11 is 0. The molecule has 0 atom stereocenters. The summed E-state index contributed by atoms with van der Waals surface area (Å²) in [5.74, 6) is 2.60. The normalized spacial score (nSPS) is 15.2. The highest BCUT2D eigenvalue weighted by molar-refractivity contribution is 5.80. The van der Waals surface area contributed by atoms with Crippen molar-refractivity contribution in [3.8, 4) is 5.88 Å². The van der Waals surface area contributed by atoms with Gasteiger partial charge in [0.25, 0.3) is 0 Å². The van der Waals surface area contributed by atoms with E-state index in [1.165, 1.54) is 0 Å². The first-order valence-corrected chi connectivity index (χ1v) is 11.0. The molecule has 0 radical (unpaired) electrons. The number of nitrogens with one attached hydrogen (secondary N) is 2. The van der Waals surface area contributed by atoms with Gasteiger partial charge in [0.2, 0.25) is 5.88 Å². The largest absolute Gasteiger partial charge is 0.478 e. The van der Waals surface area contributed by atoms with Gasteiger partial charge in [-0.05, 0) is 50.8 Å². The molecule has 7 heteroatoms. The Labute approximate surface area is 180 Å². The number of aliphatic imine (C=N–C) groups is 1. The molecular formula is C23H34N6O. The molecule has 1 aliphatic rings. The number of aryl methyl sites for hydroxylation is 1. The second-order valence-corrected chi connectivity index (χ2v) is 7.59. The van der Waals surface area contributed by atoms with E-state index in [4.69, 9.17) is 9.73 Å². The van der Waals surface area contributed by atoms with Crippen molar-refractivity contribution in [3.05, 3.63) is 47.8 Å². The summed E-state index contributed by atoms with van der Waals surface area (Å²) in [6, 6.07) is 10.6. The summed E-state index contributed by atoms with van der Waals surface area (Å²) in [5.41, 5.74) is 2.13. The van der Waals surface area contributed by atoms with Gasteiger partial charge < -0.3 is 20.3 Å². The molecule has 2 aromatic rings. The molecule has 3 heterocycles. The van der Waals surface area contributed by atoms with E-state index in [0.29, 0.717) is 25.1 Å². The van der Waals surface area contributed by atoms with Gasteiger partial charge in [-0.3, -0.25) is 0 Å². The molecule has 30 heavy (non-hydrogen) atoms. The molecule has 3 rings (SSSR count). The highest BCUT2D eigenvalue weighted by atomic mass is 16.5. The molecule has 2 aromatic heterocycles. The first-order valence-electron chi connectivity index (χ1n) is 11.0. The van der Waals surface area contributed by atoms with Crippen molar-refractivity contribution in [2.24, 2.45) is 4.99 Å². The van der Waals surface area contributed by atoms with Gasteiger partial charge >= 0.3 is 0 Å². The number of piperidine rings is 1. The third-order valence-corrected chi connectivity index (χ3v) is 5.05. The van der Waals surface area contributed by atoms with Crippen LogP contribution in [0.5, 0.6) is 5.88 Å². The second kappa shape index (κ2) is 11.4. The number of ether oxygens (including phenoxy) is 1. The lowest BCUT2D eigenvalue weighted by Gasteiger charge is -2.34. The average Bonchev–Trinajstić information content (AvgIpc) is 2.77. The molecule has 0 amide bonds. The summed E-state index contributed by atoms with van der Waals surface area (Å²) in [5, 5.41) is 6.95. The molecular weight excluding hydrogens is 376 g/mol. The van der Waals surface area contributed by atoms with Crippen molar-refractivity contribution in [1.29, 1.82) is 0 Å². The van der Waals surface area contributed by atoms with Crippen LogP contribution in [0.3, 0.4) is 0 Å². The molecule has 0 saturated carbocycles. The number of nitrogens with zero attached hydrogens (tertiary/aromatic N) is 4. The third kappa shape index (κ3) is 6.61. The van der Waals surface area contributed by atoms with Crippen LogP contribution in [0.4, 0.5) is 5.82 Å². The molecule has 1 fully saturated rings. The van der Waals surface area contributed by atoms with Crippen LogP contribution in [-0.2, 0) is 6.54 Å². The van der Waals surface area contributed by atoms with Crippen LogP contribution in [-0.4, -0.2) is 48.2 Å². The minimum Gasteiger partial charge on any atom is -0.478 e. The van der Waals surface area contributed by atoms with Gasteiger partial charge in [0.15, 0.2) is 5.96 Å². The molecule has 162 valence electrons. The van der Waals surface area contributed by atoms with Crippen molar-refractivity contribution in [3.63, 3.8) is 0 Å². The third-order valence-electron chi connectivity index (χ3n) is 5.05. The second-order valence-electron chi connectivity index (χ2n) is 7.59. The first kappa shape index (κ1) is 21.9. The highest BCUT2D eigenvalue weighted by Crippen LogP contribution is 2.18. The summed E-state index contributed by atoms with van der Waals surface area (Å²) in [4.78, 5) is 16.1. The molecule has 1 saturated heterocycles. The number of hydrogen-bond acceptors (Lipinski definition) is 5. The maximum atomic E-state index is 5.54. The van der Waals surface area contributed by atoms with E-state index in [1.54, 1.807) is 0 Å². The van der Waals surface area contributed by atoms with Crippen LogP contribution in [0.15, 0.2) is 41.5 Å². The van der Waals surface area contributed by atoms with Gasteiger partial charge in [0, 0.05) is 43.6 Å². The number of guanidine groups is 1. The molecule has 0 aromatic carbocycles. The van der Waals surface area contributed by atoms with Crippen molar-refractivity contribution in [1.82, 2.24) is 20.6 Å². The zero-order valence-electron chi connectivity index (χ0n) is 18.4. The Morgan fingerprint density at radius 1 is 1.20 bits per heavy atom. The minimum atomic E-state index is 0.409. The van der Waals surface area contributed by atoms with Gasteiger partial charge in [0.1, 0.15) is 5.82 Å². The number of pyridine rings is 2. The van der Waals surface area contributed by atoms with E-state index in [0.717, 1.165) is 61.9 Å². The number of rotatable bonds is 8. The topological polar surface area (TPSA) is 74.7 Å². The van der Waals surface area contributed by atoms with Crippen LogP contribution < -0.4 is 20.3 Å². The summed E-state index contributed by atoms with van der Waals surface area (Å²) < 4.78 is 5.54. The smallest absolute Gasteiger partial charge is 0.213 e. The Morgan fingerprint density at radius 2 is 2.03 bits per heavy atom. The summed E-state index contributed by atoms with van der Waals surface area (Å²) in [6.07, 6.45) is 4.94. The van der Waals surface area contributed by atoms with Crippen LogP contribution in [0.1, 0.15) is 44.4 Å². The van der Waals surface area contributed by atoms with Gasteiger partial charge in [0.05, 0.1) is 13.2 Å². The summed E-state index contributed by atoms with van der Waals surface area (Å²) in [7, 11) is 0.